The van der Waals surface area contributed by atoms with E-state index in [9.17, 15) is 4.79 Å². The Morgan fingerprint density at radius 2 is 2.14 bits per heavy atom. The number of carbonyl (C=O) groups is 1. The second-order valence-corrected chi connectivity index (χ2v) is 5.84. The van der Waals surface area contributed by atoms with Gasteiger partial charge in [0, 0.05) is 17.2 Å². The van der Waals surface area contributed by atoms with Crippen molar-refractivity contribution in [1.29, 1.82) is 0 Å². The topological polar surface area (TPSA) is 54.0 Å². The summed E-state index contributed by atoms with van der Waals surface area (Å²) in [5.41, 5.74) is 2.08. The van der Waals surface area contributed by atoms with E-state index >= 15 is 0 Å². The monoisotopic (exact) mass is 367 g/mol. The van der Waals surface area contributed by atoms with Gasteiger partial charge in [0.2, 0.25) is 0 Å². The van der Waals surface area contributed by atoms with Crippen molar-refractivity contribution < 1.29 is 4.79 Å². The van der Waals surface area contributed by atoms with Crippen LogP contribution in [0.3, 0.4) is 0 Å². The molecular formula is C15H15BrClN3O. The number of anilines is 2. The lowest BCUT2D eigenvalue weighted by Crippen LogP contribution is -2.16. The lowest BCUT2D eigenvalue weighted by molar-refractivity contribution is 0.102. The van der Waals surface area contributed by atoms with Crippen molar-refractivity contribution in [3.05, 3.63) is 51.1 Å². The summed E-state index contributed by atoms with van der Waals surface area (Å²) in [6, 6.07) is 7.21. The number of nitrogens with zero attached hydrogens (tertiary/aromatic N) is 1. The first-order chi connectivity index (χ1) is 10.0. The maximum Gasteiger partial charge on any atom is 0.259 e. The third-order valence-corrected chi connectivity index (χ3v) is 3.56. The fraction of sp³-hybridized carbons (Fsp3) is 0.200. The smallest absolute Gasteiger partial charge is 0.259 e. The van der Waals surface area contributed by atoms with Crippen LogP contribution in [-0.4, -0.2) is 17.4 Å². The van der Waals surface area contributed by atoms with Gasteiger partial charge in [-0.25, -0.2) is 4.98 Å². The maximum absolute atomic E-state index is 12.4. The van der Waals surface area contributed by atoms with Crippen molar-refractivity contribution in [2.75, 3.05) is 17.2 Å². The predicted octanol–water partition coefficient (Wildman–Crippen LogP) is 4.49. The second kappa shape index (κ2) is 6.91. The molecule has 0 saturated heterocycles. The van der Waals surface area contributed by atoms with Gasteiger partial charge in [0.1, 0.15) is 5.82 Å². The molecule has 0 bridgehead atoms. The molecule has 6 heteroatoms. The van der Waals surface area contributed by atoms with Crippen molar-refractivity contribution in [2.45, 2.75) is 13.8 Å². The number of carbonyl (C=O) groups excluding carboxylic acids is 1. The molecule has 0 spiro atoms. The molecule has 0 aliphatic rings. The molecule has 0 saturated carbocycles. The van der Waals surface area contributed by atoms with Gasteiger partial charge in [-0.1, -0.05) is 17.7 Å². The number of rotatable bonds is 4. The first kappa shape index (κ1) is 15.8. The number of aryl methyl sites for hydroxylation is 1. The molecule has 1 heterocycles. The molecule has 0 aliphatic heterocycles. The van der Waals surface area contributed by atoms with E-state index in [0.29, 0.717) is 28.6 Å². The molecule has 2 aromatic rings. The lowest BCUT2D eigenvalue weighted by atomic mass is 10.2. The number of aromatic nitrogens is 1. The minimum atomic E-state index is -0.259. The molecule has 0 aliphatic carbocycles. The minimum absolute atomic E-state index is 0.259. The van der Waals surface area contributed by atoms with Gasteiger partial charge in [-0.05, 0) is 53.5 Å². The number of hydrogen-bond donors (Lipinski definition) is 2. The highest BCUT2D eigenvalue weighted by atomic mass is 79.9. The number of hydrogen-bond acceptors (Lipinski definition) is 3. The van der Waals surface area contributed by atoms with Crippen LogP contribution in [0.1, 0.15) is 22.8 Å². The van der Waals surface area contributed by atoms with Crippen LogP contribution < -0.4 is 10.6 Å². The van der Waals surface area contributed by atoms with E-state index in [0.717, 1.165) is 10.0 Å². The van der Waals surface area contributed by atoms with Gasteiger partial charge in [0.25, 0.3) is 5.91 Å². The van der Waals surface area contributed by atoms with E-state index in [2.05, 4.69) is 31.5 Å². The lowest BCUT2D eigenvalue weighted by Gasteiger charge is -2.12. The Balaban J connectivity index is 2.29. The van der Waals surface area contributed by atoms with Gasteiger partial charge < -0.3 is 10.6 Å². The van der Waals surface area contributed by atoms with Crippen LogP contribution in [-0.2, 0) is 0 Å². The van der Waals surface area contributed by atoms with Crippen LogP contribution in [0.4, 0.5) is 11.5 Å². The average molecular weight is 369 g/mol. The third kappa shape index (κ3) is 3.95. The van der Waals surface area contributed by atoms with Crippen molar-refractivity contribution in [3.8, 4) is 0 Å². The van der Waals surface area contributed by atoms with Crippen LogP contribution in [0.15, 0.2) is 34.9 Å². The number of amides is 1. The molecule has 1 aromatic carbocycles. The van der Waals surface area contributed by atoms with Gasteiger partial charge in [0.05, 0.1) is 16.3 Å². The van der Waals surface area contributed by atoms with Gasteiger partial charge in [0.15, 0.2) is 0 Å². The Morgan fingerprint density at radius 1 is 1.38 bits per heavy atom. The summed E-state index contributed by atoms with van der Waals surface area (Å²) in [4.78, 5) is 16.6. The highest BCUT2D eigenvalue weighted by molar-refractivity contribution is 9.10. The Kier molecular flexibility index (Phi) is 5.20. The molecule has 0 fully saturated rings. The van der Waals surface area contributed by atoms with Gasteiger partial charge in [-0.3, -0.25) is 4.79 Å². The number of pyridine rings is 1. The summed E-state index contributed by atoms with van der Waals surface area (Å²) < 4.78 is 0.740. The third-order valence-electron chi connectivity index (χ3n) is 2.82. The Bertz CT molecular complexity index is 676. The highest BCUT2D eigenvalue weighted by Gasteiger charge is 2.14. The van der Waals surface area contributed by atoms with Crippen LogP contribution in [0, 0.1) is 6.92 Å². The van der Waals surface area contributed by atoms with E-state index in [1.165, 1.54) is 0 Å². The molecule has 1 aromatic heterocycles. The first-order valence-electron chi connectivity index (χ1n) is 6.48. The molecule has 2 rings (SSSR count). The van der Waals surface area contributed by atoms with Crippen molar-refractivity contribution in [1.82, 2.24) is 4.98 Å². The average Bonchev–Trinajstić information content (AvgIpc) is 2.44. The van der Waals surface area contributed by atoms with Crippen LogP contribution >= 0.6 is 27.5 Å². The molecule has 2 N–H and O–H groups in total. The van der Waals surface area contributed by atoms with Crippen molar-refractivity contribution in [2.24, 2.45) is 0 Å². The van der Waals surface area contributed by atoms with E-state index in [1.54, 1.807) is 18.3 Å². The molecule has 0 unspecified atom stereocenters. The summed E-state index contributed by atoms with van der Waals surface area (Å²) >= 11 is 9.47. The molecule has 110 valence electrons. The summed E-state index contributed by atoms with van der Waals surface area (Å²) in [6.45, 7) is 4.57. The zero-order valence-electron chi connectivity index (χ0n) is 11.7. The van der Waals surface area contributed by atoms with E-state index < -0.39 is 0 Å². The van der Waals surface area contributed by atoms with Gasteiger partial charge in [-0.15, -0.1) is 0 Å². The van der Waals surface area contributed by atoms with E-state index in [1.807, 2.05) is 26.0 Å². The fourth-order valence-electron chi connectivity index (χ4n) is 1.83. The maximum atomic E-state index is 12.4. The van der Waals surface area contributed by atoms with Gasteiger partial charge >= 0.3 is 0 Å². The standard InChI is InChI=1S/C15H15BrClN3O/c1-3-18-14-11(7-10(16)8-19-14)15(21)20-13-5-4-9(2)6-12(13)17/h4-8H,3H2,1-2H3,(H,18,19)(H,20,21). The molecule has 1 amide bonds. The summed E-state index contributed by atoms with van der Waals surface area (Å²) in [5.74, 6) is 0.284. The Labute approximate surface area is 137 Å². The molecule has 0 radical (unpaired) electrons. The number of benzene rings is 1. The molecule has 21 heavy (non-hydrogen) atoms. The first-order valence-corrected chi connectivity index (χ1v) is 7.65. The zero-order valence-corrected chi connectivity index (χ0v) is 14.0. The van der Waals surface area contributed by atoms with E-state index in [4.69, 9.17) is 11.6 Å². The predicted molar refractivity (Wildman–Crippen MR) is 90.2 cm³/mol. The van der Waals surface area contributed by atoms with Crippen LogP contribution in [0.2, 0.25) is 5.02 Å². The minimum Gasteiger partial charge on any atom is -0.370 e. The summed E-state index contributed by atoms with van der Waals surface area (Å²) in [6.07, 6.45) is 1.65. The van der Waals surface area contributed by atoms with Crippen LogP contribution in [0.25, 0.3) is 0 Å². The van der Waals surface area contributed by atoms with Gasteiger partial charge in [-0.2, -0.15) is 0 Å². The highest BCUT2D eigenvalue weighted by Crippen LogP contribution is 2.25. The Morgan fingerprint density at radius 3 is 2.81 bits per heavy atom. The second-order valence-electron chi connectivity index (χ2n) is 4.52. The van der Waals surface area contributed by atoms with Crippen molar-refractivity contribution >= 4 is 44.9 Å². The molecular weight excluding hydrogens is 354 g/mol. The van der Waals surface area contributed by atoms with Crippen LogP contribution in [0.5, 0.6) is 0 Å². The fourth-order valence-corrected chi connectivity index (χ4v) is 2.45. The quantitative estimate of drug-likeness (QED) is 0.836. The number of halogens is 2. The Hall–Kier alpha value is -1.59. The summed E-state index contributed by atoms with van der Waals surface area (Å²) in [5, 5.41) is 6.39. The SMILES string of the molecule is CCNc1ncc(Br)cc1C(=O)Nc1ccc(C)cc1Cl. The molecule has 0 atom stereocenters. The normalized spacial score (nSPS) is 10.3. The van der Waals surface area contributed by atoms with Crippen molar-refractivity contribution in [3.63, 3.8) is 0 Å². The zero-order chi connectivity index (χ0) is 15.4. The van der Waals surface area contributed by atoms with E-state index in [-0.39, 0.29) is 5.91 Å². The summed E-state index contributed by atoms with van der Waals surface area (Å²) in [7, 11) is 0. The number of nitrogens with one attached hydrogen (secondary N) is 2. The largest absolute Gasteiger partial charge is 0.370 e. The molecule has 4 nitrogen and oxygen atoms in total.